The molecule has 0 amide bonds. The third-order valence-corrected chi connectivity index (χ3v) is 3.13. The molecule has 3 rings (SSSR count). The highest BCUT2D eigenvalue weighted by atomic mass is 32.1. The maximum Gasteiger partial charge on any atom is 0.112 e. The predicted molar refractivity (Wildman–Crippen MR) is 61.0 cm³/mol. The number of nitrogens with zero attached hydrogens (tertiary/aromatic N) is 2. The van der Waals surface area contributed by atoms with Crippen molar-refractivity contribution in [2.75, 3.05) is 0 Å². The average molecular weight is 215 g/mol. The second-order valence-electron chi connectivity index (χ2n) is 3.33. The monoisotopic (exact) mass is 215 g/mol. The van der Waals surface area contributed by atoms with E-state index in [1.807, 2.05) is 6.07 Å². The Morgan fingerprint density at radius 3 is 3.13 bits per heavy atom. The molecule has 0 saturated heterocycles. The number of rotatable bonds is 2. The molecular weight excluding hydrogens is 206 g/mol. The zero-order chi connectivity index (χ0) is 10.1. The van der Waals surface area contributed by atoms with Crippen LogP contribution in [0.2, 0.25) is 0 Å². The predicted octanol–water partition coefficient (Wildman–Crippen LogP) is 2.61. The van der Waals surface area contributed by atoms with E-state index in [4.69, 9.17) is 0 Å². The molecule has 0 aliphatic heterocycles. The van der Waals surface area contributed by atoms with Crippen LogP contribution in [0.3, 0.4) is 0 Å². The summed E-state index contributed by atoms with van der Waals surface area (Å²) in [4.78, 5) is 13.1. The summed E-state index contributed by atoms with van der Waals surface area (Å²) in [6.07, 6.45) is 4.44. The van der Waals surface area contributed by atoms with Gasteiger partial charge in [-0.15, -0.1) is 11.3 Å². The molecule has 3 aromatic heterocycles. The number of hydrogen-bond acceptors (Lipinski definition) is 3. The molecule has 0 aliphatic rings. The van der Waals surface area contributed by atoms with Crippen molar-refractivity contribution in [2.45, 2.75) is 6.42 Å². The SMILES string of the molecule is c1csc(Cc2nc3ccncc3[nH]2)c1. The van der Waals surface area contributed by atoms with Crippen LogP contribution in [0.15, 0.2) is 36.0 Å². The van der Waals surface area contributed by atoms with E-state index in [0.717, 1.165) is 23.3 Å². The Morgan fingerprint density at radius 2 is 2.33 bits per heavy atom. The van der Waals surface area contributed by atoms with Crippen LogP contribution in [0.1, 0.15) is 10.7 Å². The molecule has 0 aliphatic carbocycles. The molecule has 0 radical (unpaired) electrons. The van der Waals surface area contributed by atoms with Crippen molar-refractivity contribution in [2.24, 2.45) is 0 Å². The number of nitrogens with one attached hydrogen (secondary N) is 1. The Balaban J connectivity index is 1.98. The number of aromatic nitrogens is 3. The lowest BCUT2D eigenvalue weighted by atomic mass is 10.3. The fraction of sp³-hybridized carbons (Fsp3) is 0.0909. The standard InChI is InChI=1S/C11H9N3S/c1-2-8(15-5-1)6-11-13-9-3-4-12-7-10(9)14-11/h1-5,7H,6H2,(H,13,14). The first-order valence-electron chi connectivity index (χ1n) is 4.73. The topological polar surface area (TPSA) is 41.6 Å². The molecule has 3 nitrogen and oxygen atoms in total. The smallest absolute Gasteiger partial charge is 0.112 e. The van der Waals surface area contributed by atoms with Crippen LogP contribution >= 0.6 is 11.3 Å². The molecule has 3 aromatic rings. The summed E-state index contributed by atoms with van der Waals surface area (Å²) in [6, 6.07) is 6.10. The third-order valence-electron chi connectivity index (χ3n) is 2.25. The van der Waals surface area contributed by atoms with Gasteiger partial charge in [0, 0.05) is 17.5 Å². The van der Waals surface area contributed by atoms with Crippen molar-refractivity contribution in [1.29, 1.82) is 0 Å². The largest absolute Gasteiger partial charge is 0.340 e. The molecular formula is C11H9N3S. The molecule has 0 atom stereocenters. The van der Waals surface area contributed by atoms with E-state index < -0.39 is 0 Å². The van der Waals surface area contributed by atoms with Crippen LogP contribution in [0, 0.1) is 0 Å². The highest BCUT2D eigenvalue weighted by Gasteiger charge is 2.03. The lowest BCUT2D eigenvalue weighted by molar-refractivity contribution is 1.06. The van der Waals surface area contributed by atoms with Crippen LogP contribution in [0.5, 0.6) is 0 Å². The van der Waals surface area contributed by atoms with Gasteiger partial charge in [0.1, 0.15) is 5.82 Å². The summed E-state index contributed by atoms with van der Waals surface area (Å²) in [5.74, 6) is 1.00. The molecule has 0 bridgehead atoms. The van der Waals surface area contributed by atoms with E-state index in [9.17, 15) is 0 Å². The molecule has 4 heteroatoms. The summed E-state index contributed by atoms with van der Waals surface area (Å²) in [5, 5.41) is 2.08. The summed E-state index contributed by atoms with van der Waals surface area (Å²) < 4.78 is 0. The summed E-state index contributed by atoms with van der Waals surface area (Å²) >= 11 is 1.75. The van der Waals surface area contributed by atoms with Gasteiger partial charge < -0.3 is 4.98 Å². The number of thiophene rings is 1. The van der Waals surface area contributed by atoms with Gasteiger partial charge in [-0.05, 0) is 17.5 Å². The van der Waals surface area contributed by atoms with E-state index in [2.05, 4.69) is 32.5 Å². The zero-order valence-electron chi connectivity index (χ0n) is 7.97. The lowest BCUT2D eigenvalue weighted by Gasteiger charge is -1.90. The summed E-state index contributed by atoms with van der Waals surface area (Å²) in [6.45, 7) is 0. The second-order valence-corrected chi connectivity index (χ2v) is 4.36. The number of hydrogen-bond donors (Lipinski definition) is 1. The fourth-order valence-corrected chi connectivity index (χ4v) is 2.28. The molecule has 15 heavy (non-hydrogen) atoms. The van der Waals surface area contributed by atoms with Gasteiger partial charge >= 0.3 is 0 Å². The Hall–Kier alpha value is -1.68. The number of aromatic amines is 1. The van der Waals surface area contributed by atoms with Gasteiger partial charge in [0.25, 0.3) is 0 Å². The lowest BCUT2D eigenvalue weighted by Crippen LogP contribution is -1.86. The first-order chi connectivity index (χ1) is 7.42. The molecule has 3 heterocycles. The van der Waals surface area contributed by atoms with Crippen molar-refractivity contribution >= 4 is 22.4 Å². The first-order valence-corrected chi connectivity index (χ1v) is 5.61. The van der Waals surface area contributed by atoms with Crippen molar-refractivity contribution < 1.29 is 0 Å². The normalized spacial score (nSPS) is 10.9. The molecule has 1 N–H and O–H groups in total. The van der Waals surface area contributed by atoms with Crippen LogP contribution in [-0.4, -0.2) is 15.0 Å². The number of pyridine rings is 1. The van der Waals surface area contributed by atoms with E-state index in [1.54, 1.807) is 23.7 Å². The molecule has 0 fully saturated rings. The van der Waals surface area contributed by atoms with Gasteiger partial charge in [-0.2, -0.15) is 0 Å². The Bertz CT molecular complexity index is 535. The highest BCUT2D eigenvalue weighted by molar-refractivity contribution is 7.09. The molecule has 0 unspecified atom stereocenters. The molecule has 0 aromatic carbocycles. The number of imidazole rings is 1. The third kappa shape index (κ3) is 1.64. The Kier molecular flexibility index (Phi) is 1.99. The minimum atomic E-state index is 0.867. The van der Waals surface area contributed by atoms with Gasteiger partial charge in [0.05, 0.1) is 17.2 Å². The first kappa shape index (κ1) is 8.61. The average Bonchev–Trinajstić information content (AvgIpc) is 2.86. The van der Waals surface area contributed by atoms with Crippen LogP contribution < -0.4 is 0 Å². The van der Waals surface area contributed by atoms with Crippen LogP contribution in [0.25, 0.3) is 11.0 Å². The molecule has 0 spiro atoms. The minimum Gasteiger partial charge on any atom is -0.340 e. The molecule has 0 saturated carbocycles. The van der Waals surface area contributed by atoms with Crippen LogP contribution in [-0.2, 0) is 6.42 Å². The van der Waals surface area contributed by atoms with E-state index >= 15 is 0 Å². The van der Waals surface area contributed by atoms with Crippen LogP contribution in [0.4, 0.5) is 0 Å². The Morgan fingerprint density at radius 1 is 1.33 bits per heavy atom. The van der Waals surface area contributed by atoms with E-state index in [1.165, 1.54) is 4.88 Å². The highest BCUT2D eigenvalue weighted by Crippen LogP contribution is 2.15. The van der Waals surface area contributed by atoms with Gasteiger partial charge in [-0.1, -0.05) is 6.07 Å². The van der Waals surface area contributed by atoms with Crippen molar-refractivity contribution in [3.63, 3.8) is 0 Å². The van der Waals surface area contributed by atoms with E-state index in [-0.39, 0.29) is 0 Å². The zero-order valence-corrected chi connectivity index (χ0v) is 8.79. The van der Waals surface area contributed by atoms with Crippen molar-refractivity contribution in [1.82, 2.24) is 15.0 Å². The second kappa shape index (κ2) is 3.47. The number of fused-ring (bicyclic) bond motifs is 1. The minimum absolute atomic E-state index is 0.867. The fourth-order valence-electron chi connectivity index (χ4n) is 1.57. The maximum atomic E-state index is 4.50. The Labute approximate surface area is 90.8 Å². The van der Waals surface area contributed by atoms with Gasteiger partial charge in [0.15, 0.2) is 0 Å². The van der Waals surface area contributed by atoms with Crippen molar-refractivity contribution in [3.8, 4) is 0 Å². The van der Waals surface area contributed by atoms with Gasteiger partial charge in [-0.25, -0.2) is 4.98 Å². The molecule has 74 valence electrons. The quantitative estimate of drug-likeness (QED) is 0.714. The van der Waals surface area contributed by atoms with Gasteiger partial charge in [0.2, 0.25) is 0 Å². The van der Waals surface area contributed by atoms with Crippen molar-refractivity contribution in [3.05, 3.63) is 46.7 Å². The number of H-pyrrole nitrogens is 1. The van der Waals surface area contributed by atoms with Gasteiger partial charge in [-0.3, -0.25) is 4.98 Å². The summed E-state index contributed by atoms with van der Waals surface area (Å²) in [7, 11) is 0. The maximum absolute atomic E-state index is 4.50. The summed E-state index contributed by atoms with van der Waals surface area (Å²) in [5.41, 5.74) is 1.99. The van der Waals surface area contributed by atoms with E-state index in [0.29, 0.717) is 0 Å².